The van der Waals surface area contributed by atoms with Crippen molar-refractivity contribution in [2.75, 3.05) is 12.0 Å². The molecule has 4 unspecified atom stereocenters. The molecule has 0 fully saturated rings. The van der Waals surface area contributed by atoms with Gasteiger partial charge in [-0.1, -0.05) is 12.1 Å². The van der Waals surface area contributed by atoms with E-state index in [9.17, 15) is 34.2 Å². The van der Waals surface area contributed by atoms with Crippen molar-refractivity contribution in [2.24, 2.45) is 5.73 Å². The summed E-state index contributed by atoms with van der Waals surface area (Å²) in [6.07, 6.45) is 1.40. The van der Waals surface area contributed by atoms with Crippen molar-refractivity contribution in [1.29, 1.82) is 0 Å². The monoisotopic (exact) mass is 512 g/mol. The molecule has 1 aromatic rings. The fraction of sp³-hybridized carbons (Fsp3) is 0.500. The van der Waals surface area contributed by atoms with Crippen LogP contribution < -0.4 is 21.7 Å². The number of phenols is 1. The van der Waals surface area contributed by atoms with E-state index in [0.717, 1.165) is 0 Å². The predicted molar refractivity (Wildman–Crippen MR) is 129 cm³/mol. The Morgan fingerprint density at radius 2 is 1.51 bits per heavy atom. The van der Waals surface area contributed by atoms with Gasteiger partial charge in [-0.2, -0.15) is 11.8 Å². The molecule has 1 rings (SSSR count). The van der Waals surface area contributed by atoms with Crippen LogP contribution in [0.4, 0.5) is 0 Å². The average molecular weight is 513 g/mol. The highest BCUT2D eigenvalue weighted by Crippen LogP contribution is 2.12. The van der Waals surface area contributed by atoms with Crippen molar-refractivity contribution < 1.29 is 39.3 Å². The van der Waals surface area contributed by atoms with Crippen LogP contribution >= 0.6 is 11.8 Å². The third-order valence-electron chi connectivity index (χ3n) is 4.99. The lowest BCUT2D eigenvalue weighted by molar-refractivity contribution is -0.143. The van der Waals surface area contributed by atoms with Gasteiger partial charge in [0.2, 0.25) is 17.7 Å². The molecule has 13 heteroatoms. The van der Waals surface area contributed by atoms with Gasteiger partial charge in [0, 0.05) is 12.8 Å². The van der Waals surface area contributed by atoms with Gasteiger partial charge in [-0.25, -0.2) is 4.79 Å². The lowest BCUT2D eigenvalue weighted by atomic mass is 10.0. The third kappa shape index (κ3) is 11.1. The summed E-state index contributed by atoms with van der Waals surface area (Å²) in [6.45, 7) is 1.41. The first kappa shape index (κ1) is 29.7. The van der Waals surface area contributed by atoms with Gasteiger partial charge in [-0.15, -0.1) is 0 Å². The first-order valence-electron chi connectivity index (χ1n) is 10.8. The first-order chi connectivity index (χ1) is 16.4. The topological polar surface area (TPSA) is 208 Å². The van der Waals surface area contributed by atoms with Crippen LogP contribution in [0.3, 0.4) is 0 Å². The second-order valence-electron chi connectivity index (χ2n) is 7.88. The Labute approximate surface area is 207 Å². The van der Waals surface area contributed by atoms with Crippen molar-refractivity contribution in [3.05, 3.63) is 29.8 Å². The molecular formula is C22H32N4O8S. The second kappa shape index (κ2) is 14.8. The highest BCUT2D eigenvalue weighted by Gasteiger charge is 2.29. The minimum absolute atomic E-state index is 0.00690. The Bertz CT molecular complexity index is 896. The molecule has 35 heavy (non-hydrogen) atoms. The minimum atomic E-state index is -1.48. The van der Waals surface area contributed by atoms with E-state index < -0.39 is 60.2 Å². The summed E-state index contributed by atoms with van der Waals surface area (Å²) >= 11 is 1.52. The molecule has 0 heterocycles. The number of amides is 3. The van der Waals surface area contributed by atoms with Crippen LogP contribution in [0.5, 0.6) is 5.75 Å². The molecule has 0 saturated heterocycles. The lowest BCUT2D eigenvalue weighted by Gasteiger charge is -2.24. The number of phenolic OH excluding ortho intramolecular Hbond substituents is 1. The maximum atomic E-state index is 12.9. The largest absolute Gasteiger partial charge is 0.508 e. The lowest BCUT2D eigenvalue weighted by Crippen LogP contribution is -2.57. The van der Waals surface area contributed by atoms with E-state index in [0.29, 0.717) is 17.7 Å². The number of rotatable bonds is 15. The summed E-state index contributed by atoms with van der Waals surface area (Å²) in [4.78, 5) is 60.1. The predicted octanol–water partition coefficient (Wildman–Crippen LogP) is -0.561. The summed E-state index contributed by atoms with van der Waals surface area (Å²) in [5, 5.41) is 34.9. The fourth-order valence-electron chi connectivity index (χ4n) is 2.93. The van der Waals surface area contributed by atoms with E-state index in [4.69, 9.17) is 10.8 Å². The van der Waals surface area contributed by atoms with Crippen LogP contribution in [0.1, 0.15) is 31.7 Å². The first-order valence-corrected chi connectivity index (χ1v) is 12.2. The molecule has 0 spiro atoms. The summed E-state index contributed by atoms with van der Waals surface area (Å²) in [6, 6.07) is 1.25. The normalized spacial score (nSPS) is 14.1. The number of carbonyl (C=O) groups is 5. The SMILES string of the molecule is CSCCC(N)C(=O)NC(C)C(=O)NC(Cc1ccc(O)cc1)C(=O)NC(CCC(=O)O)C(=O)O. The van der Waals surface area contributed by atoms with Gasteiger partial charge < -0.3 is 37.0 Å². The van der Waals surface area contributed by atoms with Crippen LogP contribution in [0.15, 0.2) is 24.3 Å². The van der Waals surface area contributed by atoms with Crippen molar-refractivity contribution in [2.45, 2.75) is 56.8 Å². The van der Waals surface area contributed by atoms with Gasteiger partial charge in [0.15, 0.2) is 0 Å². The van der Waals surface area contributed by atoms with Crippen LogP contribution in [0.25, 0.3) is 0 Å². The van der Waals surface area contributed by atoms with Gasteiger partial charge in [0.1, 0.15) is 23.9 Å². The Balaban J connectivity index is 2.96. The fourth-order valence-corrected chi connectivity index (χ4v) is 3.42. The van der Waals surface area contributed by atoms with E-state index in [2.05, 4.69) is 16.0 Å². The number of hydrogen-bond donors (Lipinski definition) is 7. The highest BCUT2D eigenvalue weighted by molar-refractivity contribution is 7.98. The second-order valence-corrected chi connectivity index (χ2v) is 8.87. The standard InChI is InChI=1S/C22H32N4O8S/c1-12(24-20(31)15(23)9-10-35-2)19(30)26-17(11-13-3-5-14(27)6-4-13)21(32)25-16(22(33)34)7-8-18(28)29/h3-6,12,15-17,27H,7-11,23H2,1-2H3,(H,24,31)(H,25,32)(H,26,30)(H,28,29)(H,33,34). The smallest absolute Gasteiger partial charge is 0.326 e. The van der Waals surface area contributed by atoms with E-state index >= 15 is 0 Å². The number of benzene rings is 1. The number of carbonyl (C=O) groups excluding carboxylic acids is 3. The molecule has 12 nitrogen and oxygen atoms in total. The zero-order valence-corrected chi connectivity index (χ0v) is 20.3. The van der Waals surface area contributed by atoms with E-state index in [1.54, 1.807) is 0 Å². The summed E-state index contributed by atoms with van der Waals surface area (Å²) < 4.78 is 0. The van der Waals surface area contributed by atoms with E-state index in [1.165, 1.54) is 43.0 Å². The summed E-state index contributed by atoms with van der Waals surface area (Å²) in [5.41, 5.74) is 6.36. The van der Waals surface area contributed by atoms with Crippen LogP contribution in [-0.4, -0.2) is 81.2 Å². The number of nitrogens with one attached hydrogen (secondary N) is 3. The molecule has 0 aliphatic heterocycles. The van der Waals surface area contributed by atoms with Crippen molar-refractivity contribution in [1.82, 2.24) is 16.0 Å². The molecule has 4 atom stereocenters. The summed E-state index contributed by atoms with van der Waals surface area (Å²) in [7, 11) is 0. The number of hydrogen-bond acceptors (Lipinski definition) is 8. The Hall–Kier alpha value is -3.32. The van der Waals surface area contributed by atoms with Crippen molar-refractivity contribution in [3.8, 4) is 5.75 Å². The van der Waals surface area contributed by atoms with Crippen LogP contribution in [0, 0.1) is 0 Å². The summed E-state index contributed by atoms with van der Waals surface area (Å²) in [5.74, 6) is -4.06. The number of carboxylic acid groups (broad SMARTS) is 2. The van der Waals surface area contributed by atoms with Gasteiger partial charge in [-0.3, -0.25) is 19.2 Å². The van der Waals surface area contributed by atoms with E-state index in [1.807, 2.05) is 6.26 Å². The number of aromatic hydroxyl groups is 1. The number of carboxylic acids is 2. The zero-order chi connectivity index (χ0) is 26.5. The molecule has 194 valence electrons. The van der Waals surface area contributed by atoms with Gasteiger partial charge in [0.05, 0.1) is 6.04 Å². The van der Waals surface area contributed by atoms with Crippen molar-refractivity contribution in [3.63, 3.8) is 0 Å². The molecule has 0 aliphatic rings. The maximum absolute atomic E-state index is 12.9. The van der Waals surface area contributed by atoms with E-state index in [-0.39, 0.29) is 18.6 Å². The quantitative estimate of drug-likeness (QED) is 0.159. The molecular weight excluding hydrogens is 480 g/mol. The van der Waals surface area contributed by atoms with Crippen LogP contribution in [0.2, 0.25) is 0 Å². The average Bonchev–Trinajstić information content (AvgIpc) is 2.80. The van der Waals surface area contributed by atoms with Crippen molar-refractivity contribution >= 4 is 41.4 Å². The molecule has 8 N–H and O–H groups in total. The number of thioether (sulfide) groups is 1. The zero-order valence-electron chi connectivity index (χ0n) is 19.5. The van der Waals surface area contributed by atoms with Gasteiger partial charge >= 0.3 is 11.9 Å². The molecule has 0 radical (unpaired) electrons. The molecule has 1 aromatic carbocycles. The molecule has 0 aliphatic carbocycles. The maximum Gasteiger partial charge on any atom is 0.326 e. The molecule has 0 aromatic heterocycles. The molecule has 0 saturated carbocycles. The third-order valence-corrected chi connectivity index (χ3v) is 5.64. The Morgan fingerprint density at radius 3 is 2.06 bits per heavy atom. The number of aliphatic carboxylic acids is 2. The van der Waals surface area contributed by atoms with Gasteiger partial charge in [0.25, 0.3) is 0 Å². The highest BCUT2D eigenvalue weighted by atomic mass is 32.2. The minimum Gasteiger partial charge on any atom is -0.508 e. The van der Waals surface area contributed by atoms with Gasteiger partial charge in [-0.05, 0) is 49.5 Å². The molecule has 3 amide bonds. The number of nitrogens with two attached hydrogens (primary N) is 1. The Morgan fingerprint density at radius 1 is 0.914 bits per heavy atom. The Kier molecular flexibility index (Phi) is 12.6. The van der Waals surface area contributed by atoms with Crippen LogP contribution in [-0.2, 0) is 30.4 Å². The molecule has 0 bridgehead atoms.